The van der Waals surface area contributed by atoms with Crippen molar-refractivity contribution in [2.45, 2.75) is 119 Å². The fourth-order valence-corrected chi connectivity index (χ4v) is 8.88. The van der Waals surface area contributed by atoms with Crippen molar-refractivity contribution in [3.8, 4) is 0 Å². The van der Waals surface area contributed by atoms with Gasteiger partial charge in [-0.05, 0) is 75.5 Å². The van der Waals surface area contributed by atoms with Crippen molar-refractivity contribution in [2.75, 3.05) is 37.0 Å². The molecule has 198 valence electrons. The van der Waals surface area contributed by atoms with E-state index in [1.54, 1.807) is 37.0 Å². The standard InChI is InChI=1S/2C12H27P.3CO.Fe/c2*1-4-7-10-13(11-8-5-2)12-9-6-3;3*1-2;/h2*4-12H2,1-3H3;;;;. The summed E-state index contributed by atoms with van der Waals surface area (Å²) in [6.07, 6.45) is 26.4. The maximum absolute atomic E-state index is 7.50. The first kappa shape index (κ1) is 46.7. The van der Waals surface area contributed by atoms with Gasteiger partial charge in [-0.1, -0.05) is 80.1 Å². The second kappa shape index (κ2) is 53.6. The maximum Gasteiger partial charge on any atom is 0.281 e. The molecule has 0 aliphatic heterocycles. The third kappa shape index (κ3) is 50.3. The zero-order valence-electron chi connectivity index (χ0n) is 22.7. The van der Waals surface area contributed by atoms with Crippen molar-refractivity contribution in [2.24, 2.45) is 0 Å². The summed E-state index contributed by atoms with van der Waals surface area (Å²) < 4.78 is 0. The van der Waals surface area contributed by atoms with Crippen molar-refractivity contribution in [3.63, 3.8) is 0 Å². The summed E-state index contributed by atoms with van der Waals surface area (Å²) in [5.41, 5.74) is 0. The summed E-state index contributed by atoms with van der Waals surface area (Å²) in [5, 5.41) is 0. The molecule has 33 heavy (non-hydrogen) atoms. The molecule has 3 nitrogen and oxygen atoms in total. The van der Waals surface area contributed by atoms with Gasteiger partial charge in [0.25, 0.3) is 20.4 Å². The predicted octanol–water partition coefficient (Wildman–Crippen LogP) is 8.54. The summed E-state index contributed by atoms with van der Waals surface area (Å²) in [5.74, 6) is 0. The van der Waals surface area contributed by atoms with Crippen LogP contribution in [0.5, 0.6) is 0 Å². The fourth-order valence-electron chi connectivity index (χ4n) is 2.96. The summed E-state index contributed by atoms with van der Waals surface area (Å²) >= 11 is 0. The monoisotopic (exact) mass is 544 g/mol. The van der Waals surface area contributed by atoms with E-state index in [1.165, 1.54) is 77.0 Å². The SMILES string of the molecule is CCCCP(CCCC)CCCC.CCCCP(CCCC)CCCC.[C]=O.[C]=O.[C]=O.[Fe]. The topological polar surface area (TPSA) is 51.2 Å². The zero-order chi connectivity index (χ0) is 25.9. The molecule has 0 rings (SSSR count). The number of carbonyl (C=O) groups excluding carboxylic acids is 3. The minimum absolute atomic E-state index is 0. The van der Waals surface area contributed by atoms with Crippen LogP contribution in [0.15, 0.2) is 0 Å². The number of rotatable bonds is 18. The van der Waals surface area contributed by atoms with Crippen LogP contribution in [0.25, 0.3) is 0 Å². The molecule has 0 unspecified atom stereocenters. The van der Waals surface area contributed by atoms with Gasteiger partial charge in [0.05, 0.1) is 0 Å². The molecule has 0 aromatic rings. The van der Waals surface area contributed by atoms with E-state index in [-0.39, 0.29) is 17.1 Å². The van der Waals surface area contributed by atoms with E-state index in [1.807, 2.05) is 0 Å². The molecule has 6 radical (unpaired) electrons. The van der Waals surface area contributed by atoms with Crippen molar-refractivity contribution in [1.82, 2.24) is 0 Å². The Hall–Kier alpha value is 0.389. The van der Waals surface area contributed by atoms with Crippen LogP contribution in [0.1, 0.15) is 119 Å². The Morgan fingerprint density at radius 2 is 0.485 bits per heavy atom. The Bertz CT molecular complexity index is 221. The van der Waals surface area contributed by atoms with Crippen molar-refractivity contribution >= 4 is 36.2 Å². The van der Waals surface area contributed by atoms with Gasteiger partial charge in [-0.2, -0.15) is 0 Å². The molecule has 0 N–H and O–H groups in total. The second-order valence-corrected chi connectivity index (χ2v) is 13.2. The average Bonchev–Trinajstić information content (AvgIpc) is 2.87. The molecule has 0 aromatic carbocycles. The van der Waals surface area contributed by atoms with Crippen molar-refractivity contribution < 1.29 is 31.5 Å². The van der Waals surface area contributed by atoms with Gasteiger partial charge in [0, 0.05) is 17.1 Å². The predicted molar refractivity (Wildman–Crippen MR) is 150 cm³/mol. The molecule has 0 atom stereocenters. The molecule has 0 aliphatic carbocycles. The van der Waals surface area contributed by atoms with Gasteiger partial charge < -0.3 is 0 Å². The van der Waals surface area contributed by atoms with Gasteiger partial charge in [-0.25, -0.2) is 0 Å². The quantitative estimate of drug-likeness (QED) is 0.128. The van der Waals surface area contributed by atoms with Crippen LogP contribution >= 0.6 is 15.8 Å². The average molecular weight is 545 g/mol. The van der Waals surface area contributed by atoms with Gasteiger partial charge in [0.1, 0.15) is 0 Å². The molecule has 0 heterocycles. The molecule has 0 spiro atoms. The Balaban J connectivity index is -0.0000000875. The molecule has 6 heteroatoms. The van der Waals surface area contributed by atoms with E-state index in [4.69, 9.17) is 14.4 Å². The first-order valence-corrected chi connectivity index (χ1v) is 16.5. The molecule has 0 amide bonds. The first-order valence-electron chi connectivity index (χ1n) is 12.8. The zero-order valence-corrected chi connectivity index (χ0v) is 25.6. The molecule has 0 saturated carbocycles. The van der Waals surface area contributed by atoms with Crippen LogP contribution in [-0.2, 0) is 31.5 Å². The largest absolute Gasteiger partial charge is 0.281 e. The maximum atomic E-state index is 7.50. The Morgan fingerprint density at radius 1 is 0.364 bits per heavy atom. The minimum Gasteiger partial charge on any atom is -0.281 e. The van der Waals surface area contributed by atoms with Crippen LogP contribution in [0.2, 0.25) is 0 Å². The molecule has 0 saturated heterocycles. The summed E-state index contributed by atoms with van der Waals surface area (Å²) in [4.78, 5) is 22.5. The molecule has 0 bridgehead atoms. The van der Waals surface area contributed by atoms with E-state index in [0.717, 1.165) is 0 Å². The Kier molecular flexibility index (Phi) is 75.9. The van der Waals surface area contributed by atoms with E-state index >= 15 is 0 Å². The minimum atomic E-state index is 0. The third-order valence-electron chi connectivity index (χ3n) is 4.97. The summed E-state index contributed by atoms with van der Waals surface area (Å²) in [6.45, 7) is 27.4. The number of unbranched alkanes of at least 4 members (excludes halogenated alkanes) is 6. The smallest absolute Gasteiger partial charge is 0.281 e. The van der Waals surface area contributed by atoms with Gasteiger partial charge in [-0.3, -0.25) is 14.4 Å². The number of hydrogen-bond donors (Lipinski definition) is 0. The van der Waals surface area contributed by atoms with Crippen LogP contribution < -0.4 is 0 Å². The summed E-state index contributed by atoms with van der Waals surface area (Å²) in [7, 11) is 0.843. The van der Waals surface area contributed by atoms with Crippen LogP contribution in [-0.4, -0.2) is 57.3 Å². The molecule has 0 aromatic heterocycles. The fraction of sp³-hybridized carbons (Fsp3) is 0.889. The van der Waals surface area contributed by atoms with E-state index in [0.29, 0.717) is 15.8 Å². The van der Waals surface area contributed by atoms with Gasteiger partial charge in [0.15, 0.2) is 0 Å². The first-order chi connectivity index (χ1) is 15.7. The second-order valence-electron chi connectivity index (χ2n) is 7.80. The van der Waals surface area contributed by atoms with E-state index < -0.39 is 0 Å². The number of hydrogen-bond acceptors (Lipinski definition) is 3. The normalized spacial score (nSPS) is 9.09. The van der Waals surface area contributed by atoms with Crippen molar-refractivity contribution in [1.29, 1.82) is 0 Å². The van der Waals surface area contributed by atoms with Gasteiger partial charge in [0.2, 0.25) is 0 Å². The van der Waals surface area contributed by atoms with E-state index in [9.17, 15) is 0 Å². The third-order valence-corrected chi connectivity index (χ3v) is 10.7. The van der Waals surface area contributed by atoms with E-state index in [2.05, 4.69) is 61.9 Å². The van der Waals surface area contributed by atoms with Crippen LogP contribution in [0.3, 0.4) is 0 Å². The van der Waals surface area contributed by atoms with Gasteiger partial charge >= 0.3 is 0 Å². The van der Waals surface area contributed by atoms with Crippen LogP contribution in [0.4, 0.5) is 0 Å². The van der Waals surface area contributed by atoms with Crippen molar-refractivity contribution in [3.05, 3.63) is 0 Å². The molecule has 0 aliphatic rings. The molecular formula is C27H54FeO3P2. The van der Waals surface area contributed by atoms with Gasteiger partial charge in [-0.15, -0.1) is 15.8 Å². The summed E-state index contributed by atoms with van der Waals surface area (Å²) in [6, 6.07) is 0. The Morgan fingerprint density at radius 3 is 0.576 bits per heavy atom. The van der Waals surface area contributed by atoms with Crippen LogP contribution in [0, 0.1) is 0 Å². The molecule has 0 fully saturated rings. The Labute approximate surface area is 222 Å². The molecular weight excluding hydrogens is 490 g/mol.